The van der Waals surface area contributed by atoms with E-state index >= 15 is 0 Å². The van der Waals surface area contributed by atoms with Crippen molar-refractivity contribution < 1.29 is 9.59 Å². The molecule has 0 radical (unpaired) electrons. The summed E-state index contributed by atoms with van der Waals surface area (Å²) in [6.07, 6.45) is 6.20. The van der Waals surface area contributed by atoms with Gasteiger partial charge in [-0.2, -0.15) is 0 Å². The zero-order chi connectivity index (χ0) is 23.4. The van der Waals surface area contributed by atoms with Gasteiger partial charge in [-0.15, -0.1) is 0 Å². The summed E-state index contributed by atoms with van der Waals surface area (Å²) in [5.74, 6) is -0.343. The minimum atomic E-state index is -0.494. The van der Waals surface area contributed by atoms with Crippen LogP contribution in [0.4, 0.5) is 5.69 Å². The molecule has 1 aliphatic carbocycles. The highest BCUT2D eigenvalue weighted by Gasteiger charge is 2.25. The van der Waals surface area contributed by atoms with E-state index in [0.29, 0.717) is 23.7 Å². The van der Waals surface area contributed by atoms with E-state index in [1.807, 2.05) is 38.1 Å². The number of hydrogen-bond acceptors (Lipinski definition) is 4. The number of aromatic nitrogens is 1. The third-order valence-electron chi connectivity index (χ3n) is 5.61. The normalized spacial score (nSPS) is 15.6. The Labute approximate surface area is 194 Å². The van der Waals surface area contributed by atoms with Crippen LogP contribution in [0, 0.1) is 25.7 Å². The lowest BCUT2D eigenvalue weighted by molar-refractivity contribution is -0.114. The van der Waals surface area contributed by atoms with Crippen molar-refractivity contribution in [3.8, 4) is 11.1 Å². The van der Waals surface area contributed by atoms with Crippen molar-refractivity contribution in [2.75, 3.05) is 5.32 Å². The van der Waals surface area contributed by atoms with Crippen LogP contribution in [0.15, 0.2) is 48.1 Å². The van der Waals surface area contributed by atoms with Crippen molar-refractivity contribution in [3.05, 3.63) is 70.6 Å². The molecule has 1 aromatic heterocycles. The Hall–Kier alpha value is -2.76. The maximum atomic E-state index is 13.2. The lowest BCUT2D eigenvalue weighted by atomic mass is 9.91. The molecule has 6 heteroatoms. The number of pyridine rings is 1. The summed E-state index contributed by atoms with van der Waals surface area (Å²) in [6, 6.07) is 8.18. The van der Waals surface area contributed by atoms with Crippen molar-refractivity contribution in [3.63, 3.8) is 0 Å². The molecular weight excluding hydrogens is 422 g/mol. The van der Waals surface area contributed by atoms with Gasteiger partial charge in [-0.25, -0.2) is 0 Å². The summed E-state index contributed by atoms with van der Waals surface area (Å²) in [6.45, 7) is 8.55. The first kappa shape index (κ1) is 23.9. The molecule has 1 atom stereocenters. The minimum Gasteiger partial charge on any atom is -0.326 e. The van der Waals surface area contributed by atoms with Crippen LogP contribution in [-0.2, 0) is 22.6 Å². The number of carbonyl (C=O) groups excluding carboxylic acids is 2. The van der Waals surface area contributed by atoms with Crippen LogP contribution in [0.1, 0.15) is 42.8 Å². The largest absolute Gasteiger partial charge is 0.326 e. The number of carbonyl (C=O) groups is 2. The summed E-state index contributed by atoms with van der Waals surface area (Å²) in [5, 5.41) is 2.59. The van der Waals surface area contributed by atoms with Gasteiger partial charge in [0, 0.05) is 23.4 Å². The van der Waals surface area contributed by atoms with E-state index in [1.165, 1.54) is 0 Å². The third-order valence-corrected chi connectivity index (χ3v) is 5.89. The number of amides is 1. The minimum absolute atomic E-state index is 0.268. The van der Waals surface area contributed by atoms with E-state index in [0.717, 1.165) is 40.1 Å². The fourth-order valence-corrected chi connectivity index (χ4v) is 4.12. The maximum Gasteiger partial charge on any atom is 0.251 e. The van der Waals surface area contributed by atoms with Gasteiger partial charge in [-0.3, -0.25) is 14.6 Å². The smallest absolute Gasteiger partial charge is 0.251 e. The van der Waals surface area contributed by atoms with Crippen LogP contribution >= 0.6 is 11.6 Å². The first-order valence-corrected chi connectivity index (χ1v) is 11.3. The topological polar surface area (TPSA) is 85.1 Å². The van der Waals surface area contributed by atoms with Crippen molar-refractivity contribution >= 4 is 28.4 Å². The van der Waals surface area contributed by atoms with Gasteiger partial charge in [-0.05, 0) is 55.3 Å². The third kappa shape index (κ3) is 5.34. The molecule has 0 bridgehead atoms. The standard InChI is InChI=1S/C26H30ClN3O2/c1-15(2)12-22-21(14-28)23(18-10-8-16(3)9-11-18)24(17(4)29-22)30-26(32)20-7-5-6-19(13-20)25(27)31/h5-11,15,19H,12-14,28H2,1-4H3,(H,30,32). The Balaban J connectivity index is 2.09. The van der Waals surface area contributed by atoms with Gasteiger partial charge < -0.3 is 11.1 Å². The Morgan fingerprint density at radius 2 is 1.91 bits per heavy atom. The molecule has 5 nitrogen and oxygen atoms in total. The second-order valence-electron chi connectivity index (χ2n) is 8.69. The van der Waals surface area contributed by atoms with Crippen LogP contribution in [-0.4, -0.2) is 16.1 Å². The molecule has 1 heterocycles. The van der Waals surface area contributed by atoms with Gasteiger partial charge >= 0.3 is 0 Å². The number of anilines is 1. The fourth-order valence-electron chi connectivity index (χ4n) is 3.97. The molecule has 3 N–H and O–H groups in total. The number of aryl methyl sites for hydroxylation is 2. The zero-order valence-electron chi connectivity index (χ0n) is 19.0. The maximum absolute atomic E-state index is 13.2. The number of benzene rings is 1. The molecule has 0 saturated carbocycles. The molecule has 0 aliphatic heterocycles. The van der Waals surface area contributed by atoms with Crippen LogP contribution < -0.4 is 11.1 Å². The summed E-state index contributed by atoms with van der Waals surface area (Å²) in [7, 11) is 0. The number of allylic oxidation sites excluding steroid dienone is 3. The van der Waals surface area contributed by atoms with Crippen LogP contribution in [0.3, 0.4) is 0 Å². The highest BCUT2D eigenvalue weighted by molar-refractivity contribution is 6.64. The molecule has 0 spiro atoms. The van der Waals surface area contributed by atoms with E-state index in [2.05, 4.69) is 19.2 Å². The Morgan fingerprint density at radius 3 is 2.50 bits per heavy atom. The molecule has 2 aromatic rings. The van der Waals surface area contributed by atoms with E-state index in [4.69, 9.17) is 22.3 Å². The van der Waals surface area contributed by atoms with E-state index in [1.54, 1.807) is 18.2 Å². The number of nitrogens with one attached hydrogen (secondary N) is 1. The summed E-state index contributed by atoms with van der Waals surface area (Å²) < 4.78 is 0. The molecule has 168 valence electrons. The van der Waals surface area contributed by atoms with Gasteiger partial charge in [-0.1, -0.05) is 61.9 Å². The molecule has 1 amide bonds. The number of halogens is 1. The number of hydrogen-bond donors (Lipinski definition) is 2. The number of rotatable bonds is 7. The lowest BCUT2D eigenvalue weighted by Crippen LogP contribution is -2.22. The molecule has 3 rings (SSSR count). The van der Waals surface area contributed by atoms with Gasteiger partial charge in [0.25, 0.3) is 5.91 Å². The highest BCUT2D eigenvalue weighted by Crippen LogP contribution is 2.36. The molecule has 0 saturated heterocycles. The predicted molar refractivity (Wildman–Crippen MR) is 130 cm³/mol. The lowest BCUT2D eigenvalue weighted by Gasteiger charge is -2.22. The van der Waals surface area contributed by atoms with E-state index in [-0.39, 0.29) is 12.3 Å². The van der Waals surface area contributed by atoms with Crippen molar-refractivity contribution in [1.82, 2.24) is 4.98 Å². The van der Waals surface area contributed by atoms with Gasteiger partial charge in [0.1, 0.15) is 0 Å². The first-order valence-electron chi connectivity index (χ1n) is 10.9. The van der Waals surface area contributed by atoms with Gasteiger partial charge in [0.15, 0.2) is 0 Å². The molecule has 0 fully saturated rings. The summed E-state index contributed by atoms with van der Waals surface area (Å²) in [5.41, 5.74) is 13.0. The second-order valence-corrected chi connectivity index (χ2v) is 9.06. The average Bonchev–Trinajstić information content (AvgIpc) is 2.75. The molecule has 32 heavy (non-hydrogen) atoms. The van der Waals surface area contributed by atoms with Gasteiger partial charge in [0.2, 0.25) is 5.24 Å². The van der Waals surface area contributed by atoms with Crippen molar-refractivity contribution in [2.24, 2.45) is 17.6 Å². The van der Waals surface area contributed by atoms with Crippen LogP contribution in [0.2, 0.25) is 0 Å². The quantitative estimate of drug-likeness (QED) is 0.564. The second kappa shape index (κ2) is 10.2. The number of nitrogens with two attached hydrogens (primary N) is 1. The monoisotopic (exact) mass is 451 g/mol. The van der Waals surface area contributed by atoms with Crippen LogP contribution in [0.25, 0.3) is 11.1 Å². The Bertz CT molecular complexity index is 1090. The zero-order valence-corrected chi connectivity index (χ0v) is 19.8. The average molecular weight is 452 g/mol. The predicted octanol–water partition coefficient (Wildman–Crippen LogP) is 5.23. The van der Waals surface area contributed by atoms with Crippen molar-refractivity contribution in [1.29, 1.82) is 0 Å². The van der Waals surface area contributed by atoms with Crippen molar-refractivity contribution in [2.45, 2.75) is 47.1 Å². The first-order chi connectivity index (χ1) is 15.2. The fraction of sp³-hybridized carbons (Fsp3) is 0.346. The molecule has 1 aromatic carbocycles. The summed E-state index contributed by atoms with van der Waals surface area (Å²) >= 11 is 5.66. The van der Waals surface area contributed by atoms with Gasteiger partial charge in [0.05, 0.1) is 17.3 Å². The SMILES string of the molecule is Cc1ccc(-c2c(CN)c(CC(C)C)nc(C)c2NC(=O)C2=CC=CC(C(=O)Cl)C2)cc1. The molecule has 1 aliphatic rings. The Kier molecular flexibility index (Phi) is 7.64. The van der Waals surface area contributed by atoms with Crippen LogP contribution in [0.5, 0.6) is 0 Å². The Morgan fingerprint density at radius 1 is 1.22 bits per heavy atom. The highest BCUT2D eigenvalue weighted by atomic mass is 35.5. The summed E-state index contributed by atoms with van der Waals surface area (Å²) in [4.78, 5) is 29.6. The molecular formula is C26H30ClN3O2. The number of nitrogens with zero attached hydrogens (tertiary/aromatic N) is 1. The molecule has 1 unspecified atom stereocenters. The van der Waals surface area contributed by atoms with E-state index in [9.17, 15) is 9.59 Å². The van der Waals surface area contributed by atoms with E-state index < -0.39 is 11.2 Å².